The number of aliphatic hydroxyl groups is 1. The molecule has 1 aromatic carbocycles. The first-order valence-corrected chi connectivity index (χ1v) is 5.56. The Bertz CT molecular complexity index is 461. The number of hydrogen-bond acceptors (Lipinski definition) is 2. The fourth-order valence-corrected chi connectivity index (χ4v) is 1.40. The Hall–Kier alpha value is -1.76. The number of hydrogen-bond donors (Lipinski definition) is 2. The Kier molecular flexibility index (Phi) is 4.77. The van der Waals surface area contributed by atoms with Gasteiger partial charge in [0, 0.05) is 19.3 Å². The second kappa shape index (κ2) is 5.92. The first-order valence-electron chi connectivity index (χ1n) is 5.56. The third kappa shape index (κ3) is 4.13. The molecule has 1 rings (SSSR count). The van der Waals surface area contributed by atoms with Gasteiger partial charge in [-0.1, -0.05) is 6.07 Å². The van der Waals surface area contributed by atoms with Crippen LogP contribution in [0.1, 0.15) is 11.1 Å². The topological polar surface area (TPSA) is 52.6 Å². The molecule has 0 aliphatic heterocycles. The van der Waals surface area contributed by atoms with E-state index in [1.165, 1.54) is 18.0 Å². The van der Waals surface area contributed by atoms with Crippen molar-refractivity contribution in [1.82, 2.24) is 4.90 Å². The number of carbonyl (C=O) groups is 1. The van der Waals surface area contributed by atoms with E-state index < -0.39 is 17.8 Å². The lowest BCUT2D eigenvalue weighted by atomic mass is 10.1. The molecule has 0 fully saturated rings. The zero-order valence-electron chi connectivity index (χ0n) is 10.6. The van der Waals surface area contributed by atoms with Gasteiger partial charge in [0.15, 0.2) is 0 Å². The van der Waals surface area contributed by atoms with Gasteiger partial charge in [0.05, 0.1) is 12.2 Å². The molecule has 0 saturated carbocycles. The van der Waals surface area contributed by atoms with Crippen LogP contribution in [0.4, 0.5) is 23.7 Å². The summed E-state index contributed by atoms with van der Waals surface area (Å²) >= 11 is 0. The normalized spacial score (nSPS) is 11.3. The van der Waals surface area contributed by atoms with Gasteiger partial charge in [-0.05, 0) is 24.6 Å². The van der Waals surface area contributed by atoms with Crippen LogP contribution in [0.2, 0.25) is 0 Å². The molecule has 2 N–H and O–H groups in total. The first kappa shape index (κ1) is 15.3. The van der Waals surface area contributed by atoms with E-state index >= 15 is 0 Å². The van der Waals surface area contributed by atoms with Crippen molar-refractivity contribution in [3.8, 4) is 0 Å². The summed E-state index contributed by atoms with van der Waals surface area (Å²) < 4.78 is 37.7. The maximum atomic E-state index is 12.6. The number of halogens is 3. The molecule has 7 heteroatoms. The van der Waals surface area contributed by atoms with E-state index in [0.717, 1.165) is 12.1 Å². The van der Waals surface area contributed by atoms with Crippen molar-refractivity contribution in [2.24, 2.45) is 0 Å². The SMILES string of the molecule is Cc1ccc(C(F)(F)F)cc1NC(=O)N(C)CCO. The minimum Gasteiger partial charge on any atom is -0.395 e. The van der Waals surface area contributed by atoms with E-state index in [4.69, 9.17) is 5.11 Å². The average molecular weight is 276 g/mol. The van der Waals surface area contributed by atoms with Crippen molar-refractivity contribution in [3.63, 3.8) is 0 Å². The molecule has 0 saturated heterocycles. The highest BCUT2D eigenvalue weighted by atomic mass is 19.4. The number of alkyl halides is 3. The van der Waals surface area contributed by atoms with Gasteiger partial charge < -0.3 is 15.3 Å². The molecule has 1 aromatic rings. The number of nitrogens with zero attached hydrogens (tertiary/aromatic N) is 1. The summed E-state index contributed by atoms with van der Waals surface area (Å²) in [4.78, 5) is 12.8. The maximum Gasteiger partial charge on any atom is 0.416 e. The van der Waals surface area contributed by atoms with Crippen molar-refractivity contribution >= 4 is 11.7 Å². The van der Waals surface area contributed by atoms with E-state index in [1.807, 2.05) is 0 Å². The van der Waals surface area contributed by atoms with Crippen molar-refractivity contribution in [3.05, 3.63) is 29.3 Å². The number of aryl methyl sites for hydroxylation is 1. The molecule has 4 nitrogen and oxygen atoms in total. The molecule has 0 heterocycles. The zero-order chi connectivity index (χ0) is 14.6. The summed E-state index contributed by atoms with van der Waals surface area (Å²) in [5, 5.41) is 11.1. The Morgan fingerprint density at radius 2 is 2.05 bits per heavy atom. The molecule has 0 atom stereocenters. The summed E-state index contributed by atoms with van der Waals surface area (Å²) in [5.74, 6) is 0. The lowest BCUT2D eigenvalue weighted by Crippen LogP contribution is -2.33. The number of amides is 2. The fourth-order valence-electron chi connectivity index (χ4n) is 1.40. The number of anilines is 1. The first-order chi connectivity index (χ1) is 8.75. The monoisotopic (exact) mass is 276 g/mol. The van der Waals surface area contributed by atoms with E-state index in [0.29, 0.717) is 5.56 Å². The van der Waals surface area contributed by atoms with Crippen molar-refractivity contribution < 1.29 is 23.1 Å². The second-order valence-electron chi connectivity index (χ2n) is 4.10. The third-order valence-corrected chi connectivity index (χ3v) is 2.59. The molecule has 0 aromatic heterocycles. The predicted octanol–water partition coefficient (Wildman–Crippen LogP) is 2.47. The lowest BCUT2D eigenvalue weighted by molar-refractivity contribution is -0.137. The molecule has 106 valence electrons. The van der Waals surface area contributed by atoms with Gasteiger partial charge in [-0.2, -0.15) is 13.2 Å². The van der Waals surface area contributed by atoms with Crippen LogP contribution in [0.5, 0.6) is 0 Å². The minimum absolute atomic E-state index is 0.101. The molecule has 0 aliphatic rings. The molecule has 0 spiro atoms. The van der Waals surface area contributed by atoms with Gasteiger partial charge in [0.1, 0.15) is 0 Å². The van der Waals surface area contributed by atoms with Crippen LogP contribution in [0.3, 0.4) is 0 Å². The van der Waals surface area contributed by atoms with Crippen LogP contribution in [0, 0.1) is 6.92 Å². The fraction of sp³-hybridized carbons (Fsp3) is 0.417. The van der Waals surface area contributed by atoms with Crippen molar-refractivity contribution in [2.75, 3.05) is 25.5 Å². The number of urea groups is 1. The van der Waals surface area contributed by atoms with Crippen LogP contribution < -0.4 is 5.32 Å². The van der Waals surface area contributed by atoms with Gasteiger partial charge >= 0.3 is 12.2 Å². The Morgan fingerprint density at radius 1 is 1.42 bits per heavy atom. The van der Waals surface area contributed by atoms with Crippen molar-refractivity contribution in [1.29, 1.82) is 0 Å². The van der Waals surface area contributed by atoms with E-state index in [1.54, 1.807) is 6.92 Å². The second-order valence-corrected chi connectivity index (χ2v) is 4.10. The molecule has 0 bridgehead atoms. The minimum atomic E-state index is -4.45. The Balaban J connectivity index is 2.92. The number of rotatable bonds is 3. The van der Waals surface area contributed by atoms with Crippen molar-refractivity contribution in [2.45, 2.75) is 13.1 Å². The van der Waals surface area contributed by atoms with Gasteiger partial charge in [0.2, 0.25) is 0 Å². The predicted molar refractivity (Wildman–Crippen MR) is 64.9 cm³/mol. The van der Waals surface area contributed by atoms with Crippen LogP contribution in [0.25, 0.3) is 0 Å². The largest absolute Gasteiger partial charge is 0.416 e. The van der Waals surface area contributed by atoms with Crippen LogP contribution >= 0.6 is 0 Å². The summed E-state index contributed by atoms with van der Waals surface area (Å²) in [6, 6.07) is 2.57. The summed E-state index contributed by atoms with van der Waals surface area (Å²) in [6.45, 7) is 1.48. The van der Waals surface area contributed by atoms with Gasteiger partial charge in [-0.3, -0.25) is 0 Å². The van der Waals surface area contributed by atoms with Gasteiger partial charge in [-0.15, -0.1) is 0 Å². The van der Waals surface area contributed by atoms with E-state index in [2.05, 4.69) is 5.32 Å². The third-order valence-electron chi connectivity index (χ3n) is 2.59. The summed E-state index contributed by atoms with van der Waals surface area (Å²) in [6.07, 6.45) is -4.45. The van der Waals surface area contributed by atoms with Crippen LogP contribution in [0.15, 0.2) is 18.2 Å². The Labute approximate surface area is 108 Å². The van der Waals surface area contributed by atoms with Crippen LogP contribution in [-0.4, -0.2) is 36.2 Å². The summed E-state index contributed by atoms with van der Waals surface area (Å²) in [7, 11) is 1.44. The number of nitrogens with one attached hydrogen (secondary N) is 1. The molecule has 0 unspecified atom stereocenters. The van der Waals surface area contributed by atoms with E-state index in [9.17, 15) is 18.0 Å². The summed E-state index contributed by atoms with van der Waals surface area (Å²) in [5.41, 5.74) is -0.193. The number of benzene rings is 1. The highest BCUT2D eigenvalue weighted by Gasteiger charge is 2.31. The molecule has 0 aliphatic carbocycles. The van der Waals surface area contributed by atoms with Crippen LogP contribution in [-0.2, 0) is 6.18 Å². The number of carbonyl (C=O) groups excluding carboxylic acids is 1. The molecule has 0 radical (unpaired) electrons. The molecule has 2 amide bonds. The standard InChI is InChI=1S/C12H15F3N2O2/c1-8-3-4-9(12(13,14)15)7-10(8)16-11(19)17(2)5-6-18/h3-4,7,18H,5-6H2,1-2H3,(H,16,19). The molecule has 19 heavy (non-hydrogen) atoms. The quantitative estimate of drug-likeness (QED) is 0.891. The number of aliphatic hydroxyl groups excluding tert-OH is 1. The van der Waals surface area contributed by atoms with Gasteiger partial charge in [-0.25, -0.2) is 4.79 Å². The maximum absolute atomic E-state index is 12.6. The highest BCUT2D eigenvalue weighted by molar-refractivity contribution is 5.90. The molecular weight excluding hydrogens is 261 g/mol. The van der Waals surface area contributed by atoms with Gasteiger partial charge in [0.25, 0.3) is 0 Å². The number of likely N-dealkylation sites (N-methyl/N-ethyl adjacent to an activating group) is 1. The molecular formula is C12H15F3N2O2. The average Bonchev–Trinajstić information content (AvgIpc) is 2.30. The smallest absolute Gasteiger partial charge is 0.395 e. The lowest BCUT2D eigenvalue weighted by Gasteiger charge is -2.18. The highest BCUT2D eigenvalue weighted by Crippen LogP contribution is 2.32. The van der Waals surface area contributed by atoms with E-state index in [-0.39, 0.29) is 18.8 Å². The Morgan fingerprint density at radius 3 is 2.58 bits per heavy atom. The zero-order valence-corrected chi connectivity index (χ0v) is 10.6.